The number of hydrogen-bond donors (Lipinski definition) is 0. The molecule has 2 heteroatoms. The van der Waals surface area contributed by atoms with Crippen LogP contribution in [0.5, 0.6) is 0 Å². The van der Waals surface area contributed by atoms with Crippen molar-refractivity contribution in [3.63, 3.8) is 0 Å². The van der Waals surface area contributed by atoms with E-state index in [4.69, 9.17) is 0 Å². The molecule has 92 valence electrons. The summed E-state index contributed by atoms with van der Waals surface area (Å²) >= 11 is 0. The zero-order valence-corrected chi connectivity index (χ0v) is 10.7. The van der Waals surface area contributed by atoms with Crippen LogP contribution in [0.2, 0.25) is 0 Å². The lowest BCUT2D eigenvalue weighted by molar-refractivity contribution is -0.125. The minimum absolute atomic E-state index is 0.271. The molecule has 0 aromatic rings. The third-order valence-electron chi connectivity index (χ3n) is 4.54. The molecule has 3 atom stereocenters. The summed E-state index contributed by atoms with van der Waals surface area (Å²) in [5, 5.41) is 0. The first-order valence-electron chi connectivity index (χ1n) is 6.92. The molecular weight excluding hydrogens is 198 g/mol. The molecule has 0 aromatic heterocycles. The van der Waals surface area contributed by atoms with Crippen LogP contribution in [-0.4, -0.2) is 30.3 Å². The second-order valence-corrected chi connectivity index (χ2v) is 5.90. The molecule has 0 spiro atoms. The molecule has 1 saturated carbocycles. The van der Waals surface area contributed by atoms with Crippen LogP contribution in [0.3, 0.4) is 0 Å². The highest BCUT2D eigenvalue weighted by Crippen LogP contribution is 2.30. The van der Waals surface area contributed by atoms with Gasteiger partial charge in [-0.3, -0.25) is 4.79 Å². The maximum Gasteiger partial charge on any atom is 0.138 e. The van der Waals surface area contributed by atoms with Gasteiger partial charge in [0.1, 0.15) is 5.78 Å². The maximum absolute atomic E-state index is 11.5. The highest BCUT2D eigenvalue weighted by molar-refractivity contribution is 5.81. The van der Waals surface area contributed by atoms with Crippen LogP contribution < -0.4 is 0 Å². The Balaban J connectivity index is 1.82. The Hall–Kier alpha value is -0.370. The smallest absolute Gasteiger partial charge is 0.138 e. The second kappa shape index (κ2) is 5.31. The summed E-state index contributed by atoms with van der Waals surface area (Å²) < 4.78 is 0. The molecular formula is C14H25NO. The third kappa shape index (κ3) is 2.85. The molecule has 16 heavy (non-hydrogen) atoms. The summed E-state index contributed by atoms with van der Waals surface area (Å²) in [6, 6.07) is 0. The van der Waals surface area contributed by atoms with Crippen LogP contribution in [0.15, 0.2) is 0 Å². The number of carbonyl (C=O) groups is 1. The van der Waals surface area contributed by atoms with Gasteiger partial charge in [-0.2, -0.15) is 0 Å². The molecule has 0 bridgehead atoms. The van der Waals surface area contributed by atoms with Crippen molar-refractivity contribution in [2.75, 3.05) is 19.6 Å². The van der Waals surface area contributed by atoms with E-state index in [2.05, 4.69) is 18.7 Å². The largest absolute Gasteiger partial charge is 0.302 e. The van der Waals surface area contributed by atoms with Gasteiger partial charge in [0, 0.05) is 32.0 Å². The molecule has 1 heterocycles. The van der Waals surface area contributed by atoms with Crippen LogP contribution in [0.25, 0.3) is 0 Å². The Morgan fingerprint density at radius 2 is 2.00 bits per heavy atom. The van der Waals surface area contributed by atoms with E-state index in [1.54, 1.807) is 0 Å². The minimum Gasteiger partial charge on any atom is -0.302 e. The van der Waals surface area contributed by atoms with Crippen molar-refractivity contribution in [2.45, 2.75) is 46.0 Å². The lowest BCUT2D eigenvalue weighted by atomic mass is 9.80. The van der Waals surface area contributed by atoms with E-state index < -0.39 is 0 Å². The average molecular weight is 223 g/mol. The molecule has 3 unspecified atom stereocenters. The van der Waals surface area contributed by atoms with E-state index in [0.717, 1.165) is 31.3 Å². The van der Waals surface area contributed by atoms with Gasteiger partial charge in [0.15, 0.2) is 0 Å². The van der Waals surface area contributed by atoms with Crippen LogP contribution >= 0.6 is 0 Å². The predicted molar refractivity (Wildman–Crippen MR) is 66.4 cm³/mol. The maximum atomic E-state index is 11.5. The van der Waals surface area contributed by atoms with Gasteiger partial charge in [0.2, 0.25) is 0 Å². The number of hydrogen-bond acceptors (Lipinski definition) is 2. The van der Waals surface area contributed by atoms with Crippen molar-refractivity contribution in [2.24, 2.45) is 17.8 Å². The van der Waals surface area contributed by atoms with Crippen LogP contribution in [0.4, 0.5) is 0 Å². The zero-order valence-electron chi connectivity index (χ0n) is 10.7. The molecule has 1 aliphatic carbocycles. The van der Waals surface area contributed by atoms with E-state index >= 15 is 0 Å². The Morgan fingerprint density at radius 1 is 1.25 bits per heavy atom. The van der Waals surface area contributed by atoms with Gasteiger partial charge < -0.3 is 4.90 Å². The van der Waals surface area contributed by atoms with Gasteiger partial charge in [0.05, 0.1) is 0 Å². The Bertz CT molecular complexity index is 251. The predicted octanol–water partition coefficient (Wildman–Crippen LogP) is 2.72. The molecule has 0 amide bonds. The van der Waals surface area contributed by atoms with E-state index in [0.29, 0.717) is 5.78 Å². The normalized spacial score (nSPS) is 37.6. The van der Waals surface area contributed by atoms with Gasteiger partial charge in [-0.1, -0.05) is 33.1 Å². The highest BCUT2D eigenvalue weighted by Gasteiger charge is 2.28. The number of rotatable bonds is 2. The number of carbonyl (C=O) groups excluding carboxylic acids is 1. The first-order chi connectivity index (χ1) is 7.66. The summed E-state index contributed by atoms with van der Waals surface area (Å²) in [7, 11) is 0. The number of nitrogens with zero attached hydrogens (tertiary/aromatic N) is 1. The third-order valence-corrected chi connectivity index (χ3v) is 4.54. The summed E-state index contributed by atoms with van der Waals surface area (Å²) in [4.78, 5) is 14.0. The van der Waals surface area contributed by atoms with Gasteiger partial charge in [0.25, 0.3) is 0 Å². The average Bonchev–Trinajstić information content (AvgIpc) is 2.27. The number of Topliss-reactive ketones (excluding diaryl/α,β-unsaturated/α-hetero) is 1. The van der Waals surface area contributed by atoms with E-state index in [-0.39, 0.29) is 5.92 Å². The first kappa shape index (κ1) is 12.1. The monoisotopic (exact) mass is 223 g/mol. The van der Waals surface area contributed by atoms with Crippen LogP contribution in [-0.2, 0) is 4.79 Å². The quantitative estimate of drug-likeness (QED) is 0.717. The van der Waals surface area contributed by atoms with E-state index in [9.17, 15) is 4.79 Å². The van der Waals surface area contributed by atoms with E-state index in [1.807, 2.05) is 0 Å². The van der Waals surface area contributed by atoms with Crippen molar-refractivity contribution in [1.29, 1.82) is 0 Å². The van der Waals surface area contributed by atoms with Crippen molar-refractivity contribution < 1.29 is 4.79 Å². The van der Waals surface area contributed by atoms with Gasteiger partial charge in [-0.15, -0.1) is 0 Å². The minimum atomic E-state index is 0.271. The summed E-state index contributed by atoms with van der Waals surface area (Å²) in [6.07, 6.45) is 6.43. The first-order valence-corrected chi connectivity index (χ1v) is 6.92. The van der Waals surface area contributed by atoms with Gasteiger partial charge >= 0.3 is 0 Å². The molecule has 2 rings (SSSR count). The topological polar surface area (TPSA) is 20.3 Å². The van der Waals surface area contributed by atoms with Crippen LogP contribution in [0, 0.1) is 17.8 Å². The number of ketones is 1. The summed E-state index contributed by atoms with van der Waals surface area (Å²) in [5.74, 6) is 2.51. The van der Waals surface area contributed by atoms with Crippen LogP contribution in [0.1, 0.15) is 46.0 Å². The SMILES string of the molecule is CC1CN(CC2CCCCC2C)CCC1=O. The van der Waals surface area contributed by atoms with Crippen molar-refractivity contribution in [1.82, 2.24) is 4.90 Å². The summed E-state index contributed by atoms with van der Waals surface area (Å²) in [6.45, 7) is 7.73. The molecule has 2 nitrogen and oxygen atoms in total. The van der Waals surface area contributed by atoms with Gasteiger partial charge in [-0.05, 0) is 18.3 Å². The van der Waals surface area contributed by atoms with E-state index in [1.165, 1.54) is 32.2 Å². The Morgan fingerprint density at radius 3 is 2.69 bits per heavy atom. The molecule has 1 saturated heterocycles. The molecule has 2 aliphatic rings. The molecule has 0 aromatic carbocycles. The lowest BCUT2D eigenvalue weighted by Crippen LogP contribution is -2.43. The molecule has 2 fully saturated rings. The fourth-order valence-corrected chi connectivity index (χ4v) is 3.26. The number of likely N-dealkylation sites (tertiary alicyclic amines) is 1. The van der Waals surface area contributed by atoms with Crippen molar-refractivity contribution in [3.8, 4) is 0 Å². The Labute approximate surface area is 99.4 Å². The second-order valence-electron chi connectivity index (χ2n) is 5.90. The molecule has 1 aliphatic heterocycles. The molecule has 0 N–H and O–H groups in total. The standard InChI is InChI=1S/C14H25NO/c1-11-5-3-4-6-13(11)10-15-8-7-14(16)12(2)9-15/h11-13H,3-10H2,1-2H3. The lowest BCUT2D eigenvalue weighted by Gasteiger charge is -2.36. The fourth-order valence-electron chi connectivity index (χ4n) is 3.26. The zero-order chi connectivity index (χ0) is 11.5. The van der Waals surface area contributed by atoms with Crippen molar-refractivity contribution >= 4 is 5.78 Å². The highest BCUT2D eigenvalue weighted by atomic mass is 16.1. The van der Waals surface area contributed by atoms with Crippen molar-refractivity contribution in [3.05, 3.63) is 0 Å². The Kier molecular flexibility index (Phi) is 4.01. The van der Waals surface area contributed by atoms with Gasteiger partial charge in [-0.25, -0.2) is 0 Å². The molecule has 0 radical (unpaired) electrons. The summed E-state index contributed by atoms with van der Waals surface area (Å²) in [5.41, 5.74) is 0. The fraction of sp³-hybridized carbons (Fsp3) is 0.929. The number of piperidine rings is 1.